The fourth-order valence-electron chi connectivity index (χ4n) is 0.782. The van der Waals surface area contributed by atoms with Gasteiger partial charge in [0.2, 0.25) is 0 Å². The van der Waals surface area contributed by atoms with Crippen molar-refractivity contribution < 1.29 is 14.3 Å². The Labute approximate surface area is 80.0 Å². The van der Waals surface area contributed by atoms with Crippen LogP contribution in [0.1, 0.15) is 13.8 Å². The maximum Gasteiger partial charge on any atom is 0.508 e. The van der Waals surface area contributed by atoms with Gasteiger partial charge in [-0.2, -0.15) is 0 Å². The maximum absolute atomic E-state index is 10.9. The van der Waals surface area contributed by atoms with Crippen molar-refractivity contribution >= 4 is 27.7 Å². The lowest BCUT2D eigenvalue weighted by Crippen LogP contribution is -2.34. The van der Waals surface area contributed by atoms with E-state index < -0.39 is 6.16 Å². The highest BCUT2D eigenvalue weighted by Crippen LogP contribution is 2.39. The van der Waals surface area contributed by atoms with Crippen LogP contribution in [0.15, 0.2) is 0 Å². The van der Waals surface area contributed by atoms with Crippen LogP contribution in [0.5, 0.6) is 0 Å². The SMILES string of the molecule is CCOC(=O)OC1(C)CSSC1. The van der Waals surface area contributed by atoms with Gasteiger partial charge in [-0.1, -0.05) is 21.6 Å². The highest BCUT2D eigenvalue weighted by atomic mass is 33.1. The van der Waals surface area contributed by atoms with Gasteiger partial charge < -0.3 is 9.47 Å². The summed E-state index contributed by atoms with van der Waals surface area (Å²) in [6, 6.07) is 0. The molecule has 3 nitrogen and oxygen atoms in total. The molecule has 1 aliphatic rings. The predicted octanol–water partition coefficient (Wildman–Crippen LogP) is 2.31. The summed E-state index contributed by atoms with van der Waals surface area (Å²) in [5, 5.41) is 0. The summed E-state index contributed by atoms with van der Waals surface area (Å²) in [6.45, 7) is 4.06. The molecule has 1 rings (SSSR count). The Bertz CT molecular complexity index is 166. The van der Waals surface area contributed by atoms with Crippen molar-refractivity contribution in [2.45, 2.75) is 19.4 Å². The van der Waals surface area contributed by atoms with Gasteiger partial charge in [-0.3, -0.25) is 0 Å². The number of rotatable bonds is 2. The van der Waals surface area contributed by atoms with Gasteiger partial charge in [0.15, 0.2) is 0 Å². The minimum absolute atomic E-state index is 0.332. The van der Waals surface area contributed by atoms with Crippen LogP contribution in [-0.2, 0) is 9.47 Å². The van der Waals surface area contributed by atoms with Crippen molar-refractivity contribution in [2.75, 3.05) is 18.1 Å². The number of hydrogen-bond acceptors (Lipinski definition) is 5. The van der Waals surface area contributed by atoms with Crippen LogP contribution in [0.2, 0.25) is 0 Å². The van der Waals surface area contributed by atoms with E-state index in [9.17, 15) is 4.79 Å². The first-order valence-corrected chi connectivity index (χ1v) is 6.25. The Morgan fingerprint density at radius 1 is 1.50 bits per heavy atom. The number of ether oxygens (including phenoxy) is 2. The van der Waals surface area contributed by atoms with Crippen molar-refractivity contribution in [3.05, 3.63) is 0 Å². The summed E-state index contributed by atoms with van der Waals surface area (Å²) in [5.41, 5.74) is -0.332. The first kappa shape index (κ1) is 10.1. The van der Waals surface area contributed by atoms with Crippen LogP contribution in [0.3, 0.4) is 0 Å². The van der Waals surface area contributed by atoms with Crippen molar-refractivity contribution in [3.8, 4) is 0 Å². The zero-order valence-corrected chi connectivity index (χ0v) is 8.80. The molecule has 0 aromatic rings. The molecule has 12 heavy (non-hydrogen) atoms. The van der Waals surface area contributed by atoms with E-state index in [1.54, 1.807) is 28.5 Å². The molecule has 0 aromatic heterocycles. The maximum atomic E-state index is 10.9. The van der Waals surface area contributed by atoms with Crippen LogP contribution in [0.4, 0.5) is 4.79 Å². The lowest BCUT2D eigenvalue weighted by Gasteiger charge is -2.21. The molecule has 0 aromatic carbocycles. The third kappa shape index (κ3) is 2.79. The molecule has 0 saturated carbocycles. The van der Waals surface area contributed by atoms with E-state index in [1.165, 1.54) is 0 Å². The normalized spacial score (nSPS) is 20.5. The van der Waals surface area contributed by atoms with Gasteiger partial charge in [0.25, 0.3) is 0 Å². The average molecular weight is 208 g/mol. The van der Waals surface area contributed by atoms with Crippen LogP contribution in [0, 0.1) is 0 Å². The lowest BCUT2D eigenvalue weighted by molar-refractivity contribution is 0.000562. The van der Waals surface area contributed by atoms with E-state index >= 15 is 0 Å². The summed E-state index contributed by atoms with van der Waals surface area (Å²) in [7, 11) is 3.45. The van der Waals surface area contributed by atoms with E-state index in [0.29, 0.717) is 6.61 Å². The van der Waals surface area contributed by atoms with Crippen LogP contribution in [0.25, 0.3) is 0 Å². The second-order valence-electron chi connectivity index (χ2n) is 2.76. The van der Waals surface area contributed by atoms with Gasteiger partial charge in [-0.15, -0.1) is 0 Å². The summed E-state index contributed by atoms with van der Waals surface area (Å²) >= 11 is 0. The Morgan fingerprint density at radius 3 is 2.58 bits per heavy atom. The van der Waals surface area contributed by atoms with Crippen molar-refractivity contribution in [3.63, 3.8) is 0 Å². The largest absolute Gasteiger partial charge is 0.508 e. The molecule has 0 amide bonds. The van der Waals surface area contributed by atoms with Gasteiger partial charge in [-0.05, 0) is 13.8 Å². The molecule has 0 spiro atoms. The number of hydrogen-bond donors (Lipinski definition) is 0. The van der Waals surface area contributed by atoms with E-state index in [1.807, 2.05) is 6.92 Å². The second kappa shape index (κ2) is 4.28. The van der Waals surface area contributed by atoms with Crippen LogP contribution in [-0.4, -0.2) is 29.9 Å². The molecule has 1 heterocycles. The molecular formula is C7H12O3S2. The van der Waals surface area contributed by atoms with Crippen LogP contribution >= 0.6 is 21.6 Å². The number of carbonyl (C=O) groups is 1. The number of carbonyl (C=O) groups excluding carboxylic acids is 1. The smallest absolute Gasteiger partial charge is 0.435 e. The summed E-state index contributed by atoms with van der Waals surface area (Å²) in [4.78, 5) is 10.9. The lowest BCUT2D eigenvalue weighted by atomic mass is 10.2. The molecule has 1 saturated heterocycles. The topological polar surface area (TPSA) is 35.5 Å². The molecule has 5 heteroatoms. The highest BCUT2D eigenvalue weighted by Gasteiger charge is 2.34. The molecule has 1 aliphatic heterocycles. The van der Waals surface area contributed by atoms with E-state index in [-0.39, 0.29) is 5.60 Å². The zero-order valence-electron chi connectivity index (χ0n) is 7.16. The molecule has 0 N–H and O–H groups in total. The molecule has 0 unspecified atom stereocenters. The van der Waals surface area contributed by atoms with Gasteiger partial charge >= 0.3 is 6.16 Å². The third-order valence-corrected chi connectivity index (χ3v) is 4.23. The molecular weight excluding hydrogens is 196 g/mol. The predicted molar refractivity (Wildman–Crippen MR) is 51.4 cm³/mol. The Morgan fingerprint density at radius 2 is 2.08 bits per heavy atom. The monoisotopic (exact) mass is 208 g/mol. The van der Waals surface area contributed by atoms with Gasteiger partial charge in [0.1, 0.15) is 5.60 Å². The Kier molecular flexibility index (Phi) is 3.58. The Hall–Kier alpha value is -0.0300. The molecule has 1 fully saturated rings. The first-order chi connectivity index (χ1) is 5.66. The summed E-state index contributed by atoms with van der Waals surface area (Å²) in [5.74, 6) is 1.69. The van der Waals surface area contributed by atoms with E-state index in [0.717, 1.165) is 11.5 Å². The first-order valence-electron chi connectivity index (χ1n) is 3.76. The summed E-state index contributed by atoms with van der Waals surface area (Å²) in [6.07, 6.45) is -0.553. The van der Waals surface area contributed by atoms with Crippen molar-refractivity contribution in [1.29, 1.82) is 0 Å². The average Bonchev–Trinajstić information content (AvgIpc) is 2.36. The van der Waals surface area contributed by atoms with Crippen molar-refractivity contribution in [1.82, 2.24) is 0 Å². The summed E-state index contributed by atoms with van der Waals surface area (Å²) < 4.78 is 9.83. The van der Waals surface area contributed by atoms with E-state index in [2.05, 4.69) is 4.74 Å². The highest BCUT2D eigenvalue weighted by molar-refractivity contribution is 8.77. The fraction of sp³-hybridized carbons (Fsp3) is 0.857. The van der Waals surface area contributed by atoms with E-state index in [4.69, 9.17) is 4.74 Å². The van der Waals surface area contributed by atoms with Crippen LogP contribution < -0.4 is 0 Å². The van der Waals surface area contributed by atoms with Crippen molar-refractivity contribution in [2.24, 2.45) is 0 Å². The zero-order chi connectivity index (χ0) is 9.03. The quantitative estimate of drug-likeness (QED) is 0.514. The molecule has 70 valence electrons. The second-order valence-corrected chi connectivity index (χ2v) is 5.22. The van der Waals surface area contributed by atoms with Gasteiger partial charge in [0, 0.05) is 11.5 Å². The standard InChI is InChI=1S/C7H12O3S2/c1-3-9-6(8)10-7(2)4-11-12-5-7/h3-5H2,1-2H3. The molecule has 0 radical (unpaired) electrons. The fourth-order valence-corrected chi connectivity index (χ4v) is 3.89. The minimum Gasteiger partial charge on any atom is -0.435 e. The molecule has 0 bridgehead atoms. The molecule has 0 atom stereocenters. The minimum atomic E-state index is -0.553. The van der Waals surface area contributed by atoms with Gasteiger partial charge in [-0.25, -0.2) is 4.79 Å². The molecule has 0 aliphatic carbocycles. The Balaban J connectivity index is 2.33. The van der Waals surface area contributed by atoms with Gasteiger partial charge in [0.05, 0.1) is 6.61 Å². The third-order valence-electron chi connectivity index (χ3n) is 1.40.